The summed E-state index contributed by atoms with van der Waals surface area (Å²) in [6, 6.07) is 7.86. The number of likely N-dealkylation sites (tertiary alicyclic amines) is 1. The summed E-state index contributed by atoms with van der Waals surface area (Å²) in [6.07, 6.45) is 3.70. The number of β-amino-alcohol motifs (C(OH)–C–C–N with tert-alkyl or cyclic N) is 1. The van der Waals surface area contributed by atoms with Gasteiger partial charge in [-0.25, -0.2) is 0 Å². The van der Waals surface area contributed by atoms with E-state index in [0.717, 1.165) is 24.4 Å². The van der Waals surface area contributed by atoms with Crippen molar-refractivity contribution in [2.24, 2.45) is 0 Å². The zero-order valence-corrected chi connectivity index (χ0v) is 14.9. The lowest BCUT2D eigenvalue weighted by Gasteiger charge is -2.35. The molecule has 3 N–H and O–H groups in total. The van der Waals surface area contributed by atoms with Gasteiger partial charge >= 0.3 is 0 Å². The van der Waals surface area contributed by atoms with E-state index in [1.165, 1.54) is 19.3 Å². The third-order valence-corrected chi connectivity index (χ3v) is 5.22. The highest BCUT2D eigenvalue weighted by Gasteiger charge is 2.30. The van der Waals surface area contributed by atoms with E-state index in [-0.39, 0.29) is 18.0 Å². The molecule has 0 unspecified atom stereocenters. The number of ether oxygens (including phenoxy) is 1. The van der Waals surface area contributed by atoms with E-state index in [9.17, 15) is 9.90 Å². The zero-order chi connectivity index (χ0) is 17.6. The Balaban J connectivity index is 1.71. The second-order valence-corrected chi connectivity index (χ2v) is 6.95. The molecule has 0 aromatic heterocycles. The number of aliphatic hydroxyl groups is 1. The van der Waals surface area contributed by atoms with Gasteiger partial charge in [0, 0.05) is 18.7 Å². The fraction of sp³-hybridized carbons (Fsp3) is 0.632. The number of aliphatic hydroxyl groups excluding tert-OH is 1. The average molecular weight is 347 g/mol. The highest BCUT2D eigenvalue weighted by Crippen LogP contribution is 2.30. The first-order valence-corrected chi connectivity index (χ1v) is 9.25. The first-order chi connectivity index (χ1) is 12.2. The number of carbonyl (C=O) groups excluding carboxylic acids is 1. The van der Waals surface area contributed by atoms with Gasteiger partial charge in [0.05, 0.1) is 25.3 Å². The number of carbonyl (C=O) groups is 1. The highest BCUT2D eigenvalue weighted by molar-refractivity contribution is 5.82. The van der Waals surface area contributed by atoms with E-state index >= 15 is 0 Å². The van der Waals surface area contributed by atoms with Gasteiger partial charge in [-0.15, -0.1) is 0 Å². The van der Waals surface area contributed by atoms with Crippen LogP contribution in [0.1, 0.15) is 37.3 Å². The Morgan fingerprint density at radius 1 is 1.36 bits per heavy atom. The van der Waals surface area contributed by atoms with Crippen LogP contribution < -0.4 is 15.4 Å². The van der Waals surface area contributed by atoms with Crippen LogP contribution in [0.15, 0.2) is 24.3 Å². The van der Waals surface area contributed by atoms with Crippen LogP contribution in [-0.2, 0) is 4.79 Å². The molecule has 3 atom stereocenters. The number of benzene rings is 1. The van der Waals surface area contributed by atoms with E-state index in [1.807, 2.05) is 18.2 Å². The van der Waals surface area contributed by atoms with Crippen LogP contribution in [-0.4, -0.2) is 61.3 Å². The number of hydrogen-bond acceptors (Lipinski definition) is 5. The SMILES string of the molecule is COc1ccccc1[C@H](CNC(=O)[C@@H]1C[C@@H](O)CN1)N1CCCCC1. The van der Waals surface area contributed by atoms with Crippen LogP contribution in [0.3, 0.4) is 0 Å². The minimum absolute atomic E-state index is 0.0338. The van der Waals surface area contributed by atoms with E-state index in [4.69, 9.17) is 4.74 Å². The molecule has 6 nitrogen and oxygen atoms in total. The number of rotatable bonds is 6. The summed E-state index contributed by atoms with van der Waals surface area (Å²) in [7, 11) is 1.69. The minimum atomic E-state index is -0.428. The van der Waals surface area contributed by atoms with Crippen molar-refractivity contribution in [2.45, 2.75) is 43.9 Å². The summed E-state index contributed by atoms with van der Waals surface area (Å²) in [5, 5.41) is 15.8. The number of hydrogen-bond donors (Lipinski definition) is 3. The van der Waals surface area contributed by atoms with E-state index in [2.05, 4.69) is 21.6 Å². The second kappa shape index (κ2) is 8.65. The van der Waals surface area contributed by atoms with Gasteiger partial charge in [0.15, 0.2) is 0 Å². The van der Waals surface area contributed by atoms with Gasteiger partial charge < -0.3 is 20.5 Å². The summed E-state index contributed by atoms with van der Waals surface area (Å²) >= 11 is 0. The van der Waals surface area contributed by atoms with Crippen LogP contribution >= 0.6 is 0 Å². The zero-order valence-electron chi connectivity index (χ0n) is 14.9. The number of piperidine rings is 1. The Kier molecular flexibility index (Phi) is 6.29. The molecule has 2 saturated heterocycles. The first kappa shape index (κ1) is 18.2. The highest BCUT2D eigenvalue weighted by atomic mass is 16.5. The van der Waals surface area contributed by atoms with Gasteiger partial charge in [-0.2, -0.15) is 0 Å². The Hall–Kier alpha value is -1.63. The van der Waals surface area contributed by atoms with E-state index in [0.29, 0.717) is 19.5 Å². The monoisotopic (exact) mass is 347 g/mol. The standard InChI is InChI=1S/C19H29N3O3/c1-25-18-8-4-3-7-15(18)17(22-9-5-2-6-10-22)13-21-19(24)16-11-14(23)12-20-16/h3-4,7-8,14,16-17,20,23H,2,5-6,9-13H2,1H3,(H,21,24)/t14-,16+,17+/m1/s1. The van der Waals surface area contributed by atoms with Gasteiger partial charge in [-0.05, 0) is 38.4 Å². The molecule has 0 aliphatic carbocycles. The molecule has 6 heteroatoms. The number of para-hydroxylation sites is 1. The summed E-state index contributed by atoms with van der Waals surface area (Å²) in [5.74, 6) is 0.829. The fourth-order valence-electron chi connectivity index (χ4n) is 3.84. The number of methoxy groups -OCH3 is 1. The predicted octanol–water partition coefficient (Wildman–Crippen LogP) is 1.06. The average Bonchev–Trinajstić information content (AvgIpc) is 3.09. The molecule has 3 rings (SSSR count). The van der Waals surface area contributed by atoms with Crippen molar-refractivity contribution in [1.29, 1.82) is 0 Å². The minimum Gasteiger partial charge on any atom is -0.496 e. The molecule has 2 aliphatic heterocycles. The molecule has 2 heterocycles. The Morgan fingerprint density at radius 3 is 2.80 bits per heavy atom. The summed E-state index contributed by atoms with van der Waals surface area (Å²) in [4.78, 5) is 14.9. The first-order valence-electron chi connectivity index (χ1n) is 9.25. The van der Waals surface area contributed by atoms with Crippen LogP contribution in [0.2, 0.25) is 0 Å². The molecule has 2 fully saturated rings. The Labute approximate surface area is 149 Å². The fourth-order valence-corrected chi connectivity index (χ4v) is 3.84. The van der Waals surface area contributed by atoms with Crippen molar-refractivity contribution in [1.82, 2.24) is 15.5 Å². The van der Waals surface area contributed by atoms with Crippen LogP contribution in [0.25, 0.3) is 0 Å². The van der Waals surface area contributed by atoms with Crippen LogP contribution in [0, 0.1) is 0 Å². The van der Waals surface area contributed by atoms with Crippen molar-refractivity contribution in [3.63, 3.8) is 0 Å². The third-order valence-electron chi connectivity index (χ3n) is 5.22. The Morgan fingerprint density at radius 2 is 2.12 bits per heavy atom. The second-order valence-electron chi connectivity index (χ2n) is 6.95. The van der Waals surface area contributed by atoms with E-state index in [1.54, 1.807) is 7.11 Å². The van der Waals surface area contributed by atoms with Gasteiger partial charge in [0.1, 0.15) is 5.75 Å². The maximum Gasteiger partial charge on any atom is 0.237 e. The van der Waals surface area contributed by atoms with Crippen molar-refractivity contribution in [3.05, 3.63) is 29.8 Å². The normalized spacial score (nSPS) is 25.5. The molecule has 0 radical (unpaired) electrons. The molecule has 1 aromatic rings. The smallest absolute Gasteiger partial charge is 0.237 e. The maximum atomic E-state index is 12.4. The Bertz CT molecular complexity index is 575. The van der Waals surface area contributed by atoms with Gasteiger partial charge in [0.2, 0.25) is 5.91 Å². The maximum absolute atomic E-state index is 12.4. The molecule has 1 amide bonds. The topological polar surface area (TPSA) is 73.8 Å². The lowest BCUT2D eigenvalue weighted by molar-refractivity contribution is -0.123. The quantitative estimate of drug-likeness (QED) is 0.718. The number of amides is 1. The number of nitrogens with zero attached hydrogens (tertiary/aromatic N) is 1. The lowest BCUT2D eigenvalue weighted by Crippen LogP contribution is -2.45. The largest absolute Gasteiger partial charge is 0.496 e. The molecule has 0 spiro atoms. The predicted molar refractivity (Wildman–Crippen MR) is 96.6 cm³/mol. The summed E-state index contributed by atoms with van der Waals surface area (Å²) in [5.41, 5.74) is 1.12. The molecule has 1 aromatic carbocycles. The number of nitrogens with one attached hydrogen (secondary N) is 2. The van der Waals surface area contributed by atoms with Crippen molar-refractivity contribution in [3.8, 4) is 5.75 Å². The van der Waals surface area contributed by atoms with E-state index < -0.39 is 6.10 Å². The van der Waals surface area contributed by atoms with Gasteiger partial charge in [0.25, 0.3) is 0 Å². The van der Waals surface area contributed by atoms with Crippen molar-refractivity contribution in [2.75, 3.05) is 33.3 Å². The molecule has 0 bridgehead atoms. The summed E-state index contributed by atoms with van der Waals surface area (Å²) < 4.78 is 5.55. The molecule has 138 valence electrons. The lowest BCUT2D eigenvalue weighted by atomic mass is 10.0. The molecular formula is C19H29N3O3. The van der Waals surface area contributed by atoms with Crippen molar-refractivity contribution >= 4 is 5.91 Å². The van der Waals surface area contributed by atoms with Crippen molar-refractivity contribution < 1.29 is 14.6 Å². The van der Waals surface area contributed by atoms with Gasteiger partial charge in [-0.1, -0.05) is 24.6 Å². The summed E-state index contributed by atoms with van der Waals surface area (Å²) in [6.45, 7) is 3.12. The molecule has 0 saturated carbocycles. The molecular weight excluding hydrogens is 318 g/mol. The van der Waals surface area contributed by atoms with Gasteiger partial charge in [-0.3, -0.25) is 9.69 Å². The molecule has 25 heavy (non-hydrogen) atoms. The van der Waals surface area contributed by atoms with Crippen LogP contribution in [0.5, 0.6) is 5.75 Å². The molecule has 2 aliphatic rings. The van der Waals surface area contributed by atoms with Crippen LogP contribution in [0.4, 0.5) is 0 Å². The third kappa shape index (κ3) is 4.51.